The third-order valence-electron chi connectivity index (χ3n) is 14.4. The number of likely N-dealkylation sites (tertiary alicyclic amines) is 1. The van der Waals surface area contributed by atoms with Crippen molar-refractivity contribution in [1.29, 1.82) is 0 Å². The number of rotatable bonds is 51. The molecule has 454 valence electrons. The van der Waals surface area contributed by atoms with Gasteiger partial charge in [0.05, 0.1) is 51.4 Å². The van der Waals surface area contributed by atoms with E-state index >= 15 is 0 Å². The molecule has 0 aromatic carbocycles. The van der Waals surface area contributed by atoms with Crippen LogP contribution in [0, 0.1) is 11.8 Å². The molecule has 1 rings (SSSR count). The number of amides is 1. The van der Waals surface area contributed by atoms with E-state index in [4.69, 9.17) is 33.2 Å². The van der Waals surface area contributed by atoms with E-state index in [9.17, 15) is 33.6 Å². The van der Waals surface area contributed by atoms with Gasteiger partial charge in [0.15, 0.2) is 0 Å². The van der Waals surface area contributed by atoms with Crippen LogP contribution >= 0.6 is 0 Å². The highest BCUT2D eigenvalue weighted by Gasteiger charge is 2.37. The van der Waals surface area contributed by atoms with Crippen LogP contribution in [-0.2, 0) is 61.9 Å². The molecule has 0 spiro atoms. The van der Waals surface area contributed by atoms with Crippen LogP contribution in [-0.4, -0.2) is 130 Å². The number of carbonyl (C=O) groups is 7. The molecule has 0 aliphatic carbocycles. The Morgan fingerprint density at radius 1 is 0.372 bits per heavy atom. The second-order valence-electron chi connectivity index (χ2n) is 21.9. The van der Waals surface area contributed by atoms with Gasteiger partial charge in [-0.05, 0) is 70.9 Å². The van der Waals surface area contributed by atoms with E-state index in [2.05, 4.69) is 46.4 Å². The van der Waals surface area contributed by atoms with Gasteiger partial charge in [0.2, 0.25) is 0 Å². The summed E-state index contributed by atoms with van der Waals surface area (Å²) in [6, 6.07) is -1.20. The molecule has 0 aromatic heterocycles. The number of ether oxygens (including phenoxy) is 7. The van der Waals surface area contributed by atoms with Gasteiger partial charge in [-0.25, -0.2) is 4.79 Å². The maximum absolute atomic E-state index is 14.1. The lowest BCUT2D eigenvalue weighted by Crippen LogP contribution is -2.54. The predicted octanol–water partition coefficient (Wildman–Crippen LogP) is 13.7. The average Bonchev–Trinajstić information content (AvgIpc) is 3.42. The molecular weight excluding hydrogens is 997 g/mol. The number of carbonyl (C=O) groups excluding carboxylic acids is 7. The van der Waals surface area contributed by atoms with Crippen molar-refractivity contribution in [3.63, 3.8) is 0 Å². The highest BCUT2D eigenvalue weighted by molar-refractivity contribution is 5.73. The molecule has 2 atom stereocenters. The smallest absolute Gasteiger partial charge is 0.410 e. The maximum atomic E-state index is 14.1. The zero-order chi connectivity index (χ0) is 57.3. The summed E-state index contributed by atoms with van der Waals surface area (Å²) < 4.78 is 40.1. The molecule has 0 bridgehead atoms. The second kappa shape index (κ2) is 50.0. The van der Waals surface area contributed by atoms with E-state index in [-0.39, 0.29) is 109 Å². The Bertz CT molecular complexity index is 1400. The molecule has 1 fully saturated rings. The molecule has 1 aliphatic heterocycles. The molecule has 0 N–H and O–H groups in total. The Morgan fingerprint density at radius 2 is 0.679 bits per heavy atom. The largest absolute Gasteiger partial charge is 0.465 e. The van der Waals surface area contributed by atoms with E-state index in [1.54, 1.807) is 0 Å². The van der Waals surface area contributed by atoms with Crippen LogP contribution in [0.1, 0.15) is 266 Å². The van der Waals surface area contributed by atoms with Gasteiger partial charge in [0.25, 0.3) is 0 Å². The molecule has 1 saturated heterocycles. The van der Waals surface area contributed by atoms with Gasteiger partial charge in [0, 0.05) is 44.1 Å². The van der Waals surface area contributed by atoms with E-state index < -0.39 is 42.0 Å². The van der Waals surface area contributed by atoms with Crippen LogP contribution in [0.15, 0.2) is 0 Å². The highest BCUT2D eigenvalue weighted by Crippen LogP contribution is 2.26. The van der Waals surface area contributed by atoms with Gasteiger partial charge in [-0.2, -0.15) is 0 Å². The minimum atomic E-state index is -0.634. The SMILES string of the molecule is CCCCCCCCC(=O)OCC(COC(=O)CCCCCCCC)CC(=O)OC[C@@H]1CCC[C@@H](COC(=O)CC(COC(=O)CCCCCCCC)COC(=O)CCCCCCCC)N1C(=O)OCCN(CCC)CCC. The van der Waals surface area contributed by atoms with E-state index in [1.165, 1.54) is 30.6 Å². The minimum absolute atomic E-state index is 0.111. The Hall–Kier alpha value is -3.95. The topological polar surface area (TPSA) is 191 Å². The Morgan fingerprint density at radius 3 is 0.987 bits per heavy atom. The van der Waals surface area contributed by atoms with Gasteiger partial charge in [-0.3, -0.25) is 38.6 Å². The summed E-state index contributed by atoms with van der Waals surface area (Å²) in [6.07, 6.45) is 28.2. The van der Waals surface area contributed by atoms with Crippen molar-refractivity contribution in [2.24, 2.45) is 11.8 Å². The number of nitrogens with zero attached hydrogens (tertiary/aromatic N) is 2. The summed E-state index contributed by atoms with van der Waals surface area (Å²) >= 11 is 0. The summed E-state index contributed by atoms with van der Waals surface area (Å²) in [7, 11) is 0. The summed E-state index contributed by atoms with van der Waals surface area (Å²) in [5.74, 6) is -3.91. The molecule has 0 aromatic rings. The Balaban J connectivity index is 3.16. The van der Waals surface area contributed by atoms with Gasteiger partial charge in [-0.1, -0.05) is 170 Å². The summed E-state index contributed by atoms with van der Waals surface area (Å²) in [4.78, 5) is 96.3. The van der Waals surface area contributed by atoms with Crippen LogP contribution in [0.25, 0.3) is 0 Å². The third-order valence-corrected chi connectivity index (χ3v) is 14.4. The van der Waals surface area contributed by atoms with E-state index in [1.807, 2.05) is 0 Å². The van der Waals surface area contributed by atoms with Crippen molar-refractivity contribution in [2.45, 2.75) is 278 Å². The summed E-state index contributed by atoms with van der Waals surface area (Å²) in [5.41, 5.74) is 0. The molecule has 1 amide bonds. The molecule has 0 radical (unpaired) electrons. The number of esters is 6. The fourth-order valence-electron chi connectivity index (χ4n) is 9.73. The average molecular weight is 1110 g/mol. The molecule has 16 nitrogen and oxygen atoms in total. The van der Waals surface area contributed by atoms with Gasteiger partial charge >= 0.3 is 41.9 Å². The number of hydrogen-bond donors (Lipinski definition) is 0. The Labute approximate surface area is 472 Å². The van der Waals surface area contributed by atoms with Crippen molar-refractivity contribution in [1.82, 2.24) is 9.80 Å². The lowest BCUT2D eigenvalue weighted by atomic mass is 9.96. The monoisotopic (exact) mass is 1110 g/mol. The quantitative estimate of drug-likeness (QED) is 0.0317. The Kier molecular flexibility index (Phi) is 46.2. The predicted molar refractivity (Wildman–Crippen MR) is 306 cm³/mol. The lowest BCUT2D eigenvalue weighted by Gasteiger charge is -2.40. The van der Waals surface area contributed by atoms with Crippen LogP contribution in [0.3, 0.4) is 0 Å². The zero-order valence-electron chi connectivity index (χ0n) is 50.2. The zero-order valence-corrected chi connectivity index (χ0v) is 50.2. The number of hydrogen-bond acceptors (Lipinski definition) is 15. The van der Waals surface area contributed by atoms with E-state index in [0.717, 1.165) is 129 Å². The highest BCUT2D eigenvalue weighted by atomic mass is 16.6. The fourth-order valence-corrected chi connectivity index (χ4v) is 9.73. The standard InChI is InChI=1S/C62H112N2O14/c1-7-13-17-21-25-29-36-56(65)73-46-52(47-74-57(66)37-30-26-22-18-14-8-2)44-60(69)77-50-54-34-33-35-55(64(54)62(71)72-43-42-63(40-11-5)41-12-6)51-78-61(70)45-53(48-75-58(67)38-31-27-23-19-15-9-3)49-76-59(68)39-32-28-24-20-16-10-4/h52-55H,7-51H2,1-6H3/t54-,55-/m0/s1. The number of piperidine rings is 1. The van der Waals surface area contributed by atoms with Gasteiger partial charge in [0.1, 0.15) is 19.8 Å². The molecular formula is C62H112N2O14. The van der Waals surface area contributed by atoms with E-state index in [0.29, 0.717) is 51.5 Å². The van der Waals surface area contributed by atoms with Crippen molar-refractivity contribution in [3.05, 3.63) is 0 Å². The minimum Gasteiger partial charge on any atom is -0.465 e. The first kappa shape index (κ1) is 72.1. The first-order valence-corrected chi connectivity index (χ1v) is 31.5. The van der Waals surface area contributed by atoms with Crippen LogP contribution in [0.5, 0.6) is 0 Å². The van der Waals surface area contributed by atoms with Crippen molar-refractivity contribution < 1.29 is 66.7 Å². The van der Waals surface area contributed by atoms with Crippen LogP contribution in [0.4, 0.5) is 4.79 Å². The van der Waals surface area contributed by atoms with Crippen LogP contribution in [0.2, 0.25) is 0 Å². The van der Waals surface area contributed by atoms with Crippen LogP contribution < -0.4 is 0 Å². The molecule has 0 saturated carbocycles. The first-order valence-electron chi connectivity index (χ1n) is 31.5. The second-order valence-corrected chi connectivity index (χ2v) is 21.9. The summed E-state index contributed by atoms with van der Waals surface area (Å²) in [6.45, 7) is 14.5. The third kappa shape index (κ3) is 39.4. The van der Waals surface area contributed by atoms with Crippen molar-refractivity contribution in [2.75, 3.05) is 65.9 Å². The van der Waals surface area contributed by atoms with Gasteiger partial charge in [-0.15, -0.1) is 0 Å². The summed E-state index contributed by atoms with van der Waals surface area (Å²) in [5, 5.41) is 0. The molecule has 78 heavy (non-hydrogen) atoms. The maximum Gasteiger partial charge on any atom is 0.410 e. The molecule has 1 heterocycles. The first-order chi connectivity index (χ1) is 37.9. The fraction of sp³-hybridized carbons (Fsp3) is 0.887. The van der Waals surface area contributed by atoms with Crippen molar-refractivity contribution in [3.8, 4) is 0 Å². The molecule has 16 heteroatoms. The normalized spacial score (nSPS) is 14.4. The van der Waals surface area contributed by atoms with Crippen molar-refractivity contribution >= 4 is 41.9 Å². The molecule has 1 aliphatic rings. The molecule has 0 unspecified atom stereocenters. The lowest BCUT2D eigenvalue weighted by molar-refractivity contribution is -0.157. The van der Waals surface area contributed by atoms with Gasteiger partial charge < -0.3 is 33.2 Å². The number of unbranched alkanes of at least 4 members (excludes halogenated alkanes) is 20.